The molecule has 0 atom stereocenters. The number of nitrogens with one attached hydrogen (secondary N) is 2. The molecule has 0 fully saturated rings. The molecule has 0 aliphatic carbocycles. The Hall–Kier alpha value is -1.64. The molecule has 0 aliphatic rings. The molecule has 0 saturated heterocycles. The van der Waals surface area contributed by atoms with Gasteiger partial charge in [0.15, 0.2) is 0 Å². The number of aromatic amines is 1. The number of nitrogens with two attached hydrogens (primary N) is 1. The number of nitrogens with zero attached hydrogens (tertiary/aromatic N) is 1. The summed E-state index contributed by atoms with van der Waals surface area (Å²) in [6.45, 7) is 1.67. The van der Waals surface area contributed by atoms with E-state index in [2.05, 4.69) is 14.9 Å². The zero-order valence-electron chi connectivity index (χ0n) is 10.4. The SMILES string of the molecule is Cc1[nH]nc(S(=O)(=O)Nc2cc(F)ccc2Cl)c1CN. The summed E-state index contributed by atoms with van der Waals surface area (Å²) in [4.78, 5) is 0. The highest BCUT2D eigenvalue weighted by molar-refractivity contribution is 7.92. The summed E-state index contributed by atoms with van der Waals surface area (Å²) in [5.74, 6) is -0.607. The number of halogens is 2. The zero-order valence-corrected chi connectivity index (χ0v) is 12.0. The summed E-state index contributed by atoms with van der Waals surface area (Å²) in [5.41, 5.74) is 6.36. The van der Waals surface area contributed by atoms with Crippen LogP contribution in [0.25, 0.3) is 0 Å². The minimum atomic E-state index is -4.00. The van der Waals surface area contributed by atoms with Gasteiger partial charge in [-0.3, -0.25) is 9.82 Å². The maximum atomic E-state index is 13.1. The standard InChI is InChI=1S/C11H12ClFN4O2S/c1-6-8(5-14)11(16-15-6)20(18,19)17-10-4-7(13)2-3-9(10)12/h2-4,17H,5,14H2,1H3,(H,15,16). The van der Waals surface area contributed by atoms with Gasteiger partial charge in [0.25, 0.3) is 10.0 Å². The molecular formula is C11H12ClFN4O2S. The molecule has 1 aromatic heterocycles. The molecule has 6 nitrogen and oxygen atoms in total. The van der Waals surface area contributed by atoms with Gasteiger partial charge in [0, 0.05) is 17.8 Å². The van der Waals surface area contributed by atoms with Gasteiger partial charge in [0.2, 0.25) is 5.03 Å². The van der Waals surface area contributed by atoms with Crippen LogP contribution < -0.4 is 10.5 Å². The lowest BCUT2D eigenvalue weighted by Gasteiger charge is -2.09. The predicted octanol–water partition coefficient (Wildman–Crippen LogP) is 1.77. The fourth-order valence-electron chi connectivity index (χ4n) is 1.66. The van der Waals surface area contributed by atoms with Gasteiger partial charge in [0.05, 0.1) is 10.7 Å². The van der Waals surface area contributed by atoms with Crippen molar-refractivity contribution in [2.45, 2.75) is 18.5 Å². The van der Waals surface area contributed by atoms with Crippen molar-refractivity contribution in [2.24, 2.45) is 5.73 Å². The molecule has 0 aliphatic heterocycles. The van der Waals surface area contributed by atoms with Gasteiger partial charge in [-0.25, -0.2) is 4.39 Å². The van der Waals surface area contributed by atoms with Crippen LogP contribution in [0.5, 0.6) is 0 Å². The van der Waals surface area contributed by atoms with Gasteiger partial charge in [-0.1, -0.05) is 11.6 Å². The van der Waals surface area contributed by atoms with E-state index >= 15 is 0 Å². The second-order valence-corrected chi connectivity index (χ2v) is 6.07. The summed E-state index contributed by atoms with van der Waals surface area (Å²) < 4.78 is 39.8. The van der Waals surface area contributed by atoms with Gasteiger partial charge in [-0.15, -0.1) is 0 Å². The van der Waals surface area contributed by atoms with E-state index in [0.29, 0.717) is 11.3 Å². The van der Waals surface area contributed by atoms with Gasteiger partial charge in [-0.05, 0) is 25.1 Å². The molecule has 2 rings (SSSR count). The molecule has 0 radical (unpaired) electrons. The first-order valence-corrected chi connectivity index (χ1v) is 7.43. The largest absolute Gasteiger partial charge is 0.326 e. The Morgan fingerprint density at radius 3 is 2.85 bits per heavy atom. The molecular weight excluding hydrogens is 307 g/mol. The first-order chi connectivity index (χ1) is 9.35. The van der Waals surface area contributed by atoms with Crippen LogP contribution in [0.4, 0.5) is 10.1 Å². The number of sulfonamides is 1. The molecule has 0 saturated carbocycles. The third-order valence-electron chi connectivity index (χ3n) is 2.67. The van der Waals surface area contributed by atoms with Crippen molar-refractivity contribution in [3.05, 3.63) is 40.3 Å². The second-order valence-electron chi connectivity index (χ2n) is 4.07. The number of aryl methyl sites for hydroxylation is 1. The van der Waals surface area contributed by atoms with Gasteiger partial charge < -0.3 is 5.73 Å². The molecule has 0 bridgehead atoms. The van der Waals surface area contributed by atoms with E-state index < -0.39 is 15.8 Å². The minimum absolute atomic E-state index is 0.00938. The topological polar surface area (TPSA) is 101 Å². The van der Waals surface area contributed by atoms with Gasteiger partial charge in [0.1, 0.15) is 5.82 Å². The van der Waals surface area contributed by atoms with E-state index in [-0.39, 0.29) is 22.3 Å². The number of hydrogen-bond donors (Lipinski definition) is 3. The molecule has 4 N–H and O–H groups in total. The van der Waals surface area contributed by atoms with Crippen LogP contribution in [-0.4, -0.2) is 18.6 Å². The van der Waals surface area contributed by atoms with Crippen molar-refractivity contribution >= 4 is 27.3 Å². The first-order valence-electron chi connectivity index (χ1n) is 5.57. The van der Waals surface area contributed by atoms with Crippen LogP contribution in [0.3, 0.4) is 0 Å². The number of H-pyrrole nitrogens is 1. The fraction of sp³-hybridized carbons (Fsp3) is 0.182. The fourth-order valence-corrected chi connectivity index (χ4v) is 3.16. The number of aromatic nitrogens is 2. The van der Waals surface area contributed by atoms with Crippen molar-refractivity contribution < 1.29 is 12.8 Å². The monoisotopic (exact) mass is 318 g/mol. The molecule has 108 valence electrons. The summed E-state index contributed by atoms with van der Waals surface area (Å²) >= 11 is 5.82. The lowest BCUT2D eigenvalue weighted by Crippen LogP contribution is -2.16. The normalized spacial score (nSPS) is 11.6. The average Bonchev–Trinajstić information content (AvgIpc) is 2.75. The molecule has 9 heteroatoms. The van der Waals surface area contributed by atoms with Crippen LogP contribution in [0.1, 0.15) is 11.3 Å². The number of rotatable bonds is 4. The van der Waals surface area contributed by atoms with E-state index in [1.54, 1.807) is 6.92 Å². The Bertz CT molecular complexity index is 745. The molecule has 0 amide bonds. The maximum Gasteiger partial charge on any atom is 0.281 e. The second kappa shape index (κ2) is 5.39. The summed E-state index contributed by atoms with van der Waals surface area (Å²) in [5, 5.41) is 6.12. The molecule has 1 aromatic carbocycles. The molecule has 20 heavy (non-hydrogen) atoms. The Morgan fingerprint density at radius 1 is 1.50 bits per heavy atom. The highest BCUT2D eigenvalue weighted by Gasteiger charge is 2.24. The lowest BCUT2D eigenvalue weighted by molar-refractivity contribution is 0.595. The van der Waals surface area contributed by atoms with Crippen LogP contribution in [0.15, 0.2) is 23.2 Å². The van der Waals surface area contributed by atoms with Crippen LogP contribution >= 0.6 is 11.6 Å². The Kier molecular flexibility index (Phi) is 3.98. The zero-order chi connectivity index (χ0) is 14.9. The van der Waals surface area contributed by atoms with Crippen molar-refractivity contribution in [3.8, 4) is 0 Å². The first kappa shape index (κ1) is 14.8. The third kappa shape index (κ3) is 2.77. The van der Waals surface area contributed by atoms with E-state index in [1.807, 2.05) is 0 Å². The van der Waals surface area contributed by atoms with E-state index in [9.17, 15) is 12.8 Å². The number of benzene rings is 1. The quantitative estimate of drug-likeness (QED) is 0.799. The summed E-state index contributed by atoms with van der Waals surface area (Å²) in [6.07, 6.45) is 0. The Labute approximate surface area is 120 Å². The summed E-state index contributed by atoms with van der Waals surface area (Å²) in [6, 6.07) is 3.38. The molecule has 0 spiro atoms. The maximum absolute atomic E-state index is 13.1. The highest BCUT2D eigenvalue weighted by atomic mass is 35.5. The van der Waals surface area contributed by atoms with E-state index in [4.69, 9.17) is 17.3 Å². The molecule has 2 aromatic rings. The van der Waals surface area contributed by atoms with Crippen molar-refractivity contribution in [1.29, 1.82) is 0 Å². The van der Waals surface area contributed by atoms with E-state index in [0.717, 1.165) is 12.1 Å². The molecule has 0 unspecified atom stereocenters. The predicted molar refractivity (Wildman–Crippen MR) is 73.4 cm³/mol. The smallest absolute Gasteiger partial charge is 0.281 e. The van der Waals surface area contributed by atoms with Crippen molar-refractivity contribution in [2.75, 3.05) is 4.72 Å². The third-order valence-corrected chi connectivity index (χ3v) is 4.33. The average molecular weight is 319 g/mol. The van der Waals surface area contributed by atoms with Crippen LogP contribution in [0, 0.1) is 12.7 Å². The number of anilines is 1. The highest BCUT2D eigenvalue weighted by Crippen LogP contribution is 2.26. The van der Waals surface area contributed by atoms with Crippen LogP contribution in [0.2, 0.25) is 5.02 Å². The van der Waals surface area contributed by atoms with Crippen molar-refractivity contribution in [1.82, 2.24) is 10.2 Å². The minimum Gasteiger partial charge on any atom is -0.326 e. The van der Waals surface area contributed by atoms with Crippen LogP contribution in [-0.2, 0) is 16.6 Å². The Morgan fingerprint density at radius 2 is 2.20 bits per heavy atom. The lowest BCUT2D eigenvalue weighted by atomic mass is 10.3. The van der Waals surface area contributed by atoms with Gasteiger partial charge in [-0.2, -0.15) is 13.5 Å². The van der Waals surface area contributed by atoms with Gasteiger partial charge >= 0.3 is 0 Å². The summed E-state index contributed by atoms with van der Waals surface area (Å²) in [7, 11) is -4.00. The van der Waals surface area contributed by atoms with Crippen molar-refractivity contribution in [3.63, 3.8) is 0 Å². The Balaban J connectivity index is 2.43. The number of hydrogen-bond acceptors (Lipinski definition) is 4. The molecule has 1 heterocycles. The van der Waals surface area contributed by atoms with E-state index in [1.165, 1.54) is 6.07 Å².